The van der Waals surface area contributed by atoms with Crippen LogP contribution in [-0.4, -0.2) is 48.0 Å². The molecule has 1 atom stereocenters. The van der Waals surface area contributed by atoms with Crippen LogP contribution in [0.3, 0.4) is 0 Å². The van der Waals surface area contributed by atoms with E-state index in [0.29, 0.717) is 28.7 Å². The van der Waals surface area contributed by atoms with Gasteiger partial charge >= 0.3 is 0 Å². The van der Waals surface area contributed by atoms with Crippen molar-refractivity contribution in [1.82, 2.24) is 15.2 Å². The quantitative estimate of drug-likeness (QED) is 0.581. The highest BCUT2D eigenvalue weighted by Crippen LogP contribution is 2.39. The van der Waals surface area contributed by atoms with E-state index in [-0.39, 0.29) is 5.56 Å². The highest BCUT2D eigenvalue weighted by atomic mass is 19.2. The molecule has 7 heteroatoms. The summed E-state index contributed by atoms with van der Waals surface area (Å²) in [5.41, 5.74) is 9.51. The zero-order valence-electron chi connectivity index (χ0n) is 18.2. The van der Waals surface area contributed by atoms with Gasteiger partial charge in [0.15, 0.2) is 11.6 Å². The number of likely N-dealkylation sites (tertiary alicyclic amines) is 1. The topological polar surface area (TPSA) is 74.2 Å². The number of nitrogens with zero attached hydrogens (tertiary/aromatic N) is 1. The monoisotopic (exact) mass is 438 g/mol. The SMILES string of the molecule is CN1CCC(NC2CCc3[nH]c4c(C(N)=O)ccc(-c5cccc(F)c5F)c4c3C2)CC1. The second-order valence-electron chi connectivity index (χ2n) is 9.14. The van der Waals surface area contributed by atoms with Gasteiger partial charge in [-0.3, -0.25) is 4.79 Å². The van der Waals surface area contributed by atoms with E-state index < -0.39 is 17.5 Å². The summed E-state index contributed by atoms with van der Waals surface area (Å²) in [7, 11) is 2.15. The number of hydrogen-bond acceptors (Lipinski definition) is 3. The van der Waals surface area contributed by atoms with Gasteiger partial charge in [-0.25, -0.2) is 8.78 Å². The molecule has 0 saturated carbocycles. The summed E-state index contributed by atoms with van der Waals surface area (Å²) in [6, 6.07) is 8.27. The Morgan fingerprint density at radius 2 is 1.88 bits per heavy atom. The van der Waals surface area contributed by atoms with E-state index in [0.717, 1.165) is 67.9 Å². The summed E-state index contributed by atoms with van der Waals surface area (Å²) in [5.74, 6) is -2.31. The lowest BCUT2D eigenvalue weighted by atomic mass is 9.87. The minimum atomic E-state index is -0.888. The number of primary amides is 1. The fourth-order valence-electron chi connectivity index (χ4n) is 5.32. The number of amides is 1. The van der Waals surface area contributed by atoms with Gasteiger partial charge in [-0.05, 0) is 75.5 Å². The Kier molecular flexibility index (Phi) is 5.47. The lowest BCUT2D eigenvalue weighted by Crippen LogP contribution is -2.46. The Morgan fingerprint density at radius 1 is 1.09 bits per heavy atom. The molecule has 2 aliphatic rings. The number of carbonyl (C=O) groups is 1. The average Bonchev–Trinajstić information content (AvgIpc) is 3.15. The second kappa shape index (κ2) is 8.30. The van der Waals surface area contributed by atoms with Crippen LogP contribution in [0.2, 0.25) is 0 Å². The predicted molar refractivity (Wildman–Crippen MR) is 122 cm³/mol. The van der Waals surface area contributed by atoms with E-state index in [1.54, 1.807) is 18.2 Å². The predicted octanol–water partition coefficient (Wildman–Crippen LogP) is 3.75. The maximum Gasteiger partial charge on any atom is 0.250 e. The fraction of sp³-hybridized carbons (Fsp3) is 0.400. The molecule has 1 aliphatic carbocycles. The molecular formula is C25H28F2N4O. The van der Waals surface area contributed by atoms with Gasteiger partial charge in [-0.15, -0.1) is 0 Å². The molecule has 0 bridgehead atoms. The number of aromatic nitrogens is 1. The van der Waals surface area contributed by atoms with Crippen LogP contribution in [0.1, 0.15) is 40.9 Å². The van der Waals surface area contributed by atoms with Crippen molar-refractivity contribution in [3.63, 3.8) is 0 Å². The number of rotatable bonds is 4. The zero-order valence-corrected chi connectivity index (χ0v) is 18.2. The van der Waals surface area contributed by atoms with Crippen LogP contribution in [-0.2, 0) is 12.8 Å². The summed E-state index contributed by atoms with van der Waals surface area (Å²) in [4.78, 5) is 17.8. The molecule has 1 aliphatic heterocycles. The minimum Gasteiger partial charge on any atom is -0.366 e. The van der Waals surface area contributed by atoms with Crippen molar-refractivity contribution >= 4 is 16.8 Å². The van der Waals surface area contributed by atoms with E-state index >= 15 is 0 Å². The molecule has 1 unspecified atom stereocenters. The molecule has 2 aromatic carbocycles. The van der Waals surface area contributed by atoms with Gasteiger partial charge in [0.2, 0.25) is 0 Å². The molecule has 0 radical (unpaired) electrons. The van der Waals surface area contributed by atoms with E-state index in [9.17, 15) is 13.6 Å². The van der Waals surface area contributed by atoms with Crippen molar-refractivity contribution in [1.29, 1.82) is 0 Å². The summed E-state index contributed by atoms with van der Waals surface area (Å²) in [5, 5.41) is 4.60. The Hall–Kier alpha value is -2.77. The molecule has 168 valence electrons. The molecule has 5 nitrogen and oxygen atoms in total. The number of H-pyrrole nitrogens is 1. The number of aromatic amines is 1. The molecule has 1 aromatic heterocycles. The highest BCUT2D eigenvalue weighted by molar-refractivity contribution is 6.10. The molecule has 2 heterocycles. The maximum absolute atomic E-state index is 14.7. The first kappa shape index (κ1) is 21.1. The fourth-order valence-corrected chi connectivity index (χ4v) is 5.32. The molecule has 1 saturated heterocycles. The average molecular weight is 439 g/mol. The Balaban J connectivity index is 1.57. The van der Waals surface area contributed by atoms with Crippen molar-refractivity contribution in [3.05, 3.63) is 58.8 Å². The number of hydrogen-bond donors (Lipinski definition) is 3. The van der Waals surface area contributed by atoms with Crippen LogP contribution in [0.5, 0.6) is 0 Å². The van der Waals surface area contributed by atoms with Crippen LogP contribution >= 0.6 is 0 Å². The number of fused-ring (bicyclic) bond motifs is 3. The largest absolute Gasteiger partial charge is 0.366 e. The highest BCUT2D eigenvalue weighted by Gasteiger charge is 2.29. The van der Waals surface area contributed by atoms with Crippen LogP contribution in [0.25, 0.3) is 22.0 Å². The summed E-state index contributed by atoms with van der Waals surface area (Å²) in [6.07, 6.45) is 4.84. The Labute approximate surface area is 186 Å². The third-order valence-corrected chi connectivity index (χ3v) is 7.04. The van der Waals surface area contributed by atoms with E-state index in [1.807, 2.05) is 0 Å². The zero-order chi connectivity index (χ0) is 22.4. The van der Waals surface area contributed by atoms with Gasteiger partial charge in [0.05, 0.1) is 11.1 Å². The van der Waals surface area contributed by atoms with Crippen molar-refractivity contribution in [3.8, 4) is 11.1 Å². The van der Waals surface area contributed by atoms with Gasteiger partial charge in [0.1, 0.15) is 0 Å². The molecule has 1 amide bonds. The molecule has 4 N–H and O–H groups in total. The third kappa shape index (κ3) is 3.69. The molecule has 32 heavy (non-hydrogen) atoms. The number of piperidine rings is 1. The molecular weight excluding hydrogens is 410 g/mol. The van der Waals surface area contributed by atoms with Gasteiger partial charge in [-0.1, -0.05) is 18.2 Å². The molecule has 3 aromatic rings. The summed E-state index contributed by atoms with van der Waals surface area (Å²) in [6.45, 7) is 2.18. The first-order valence-electron chi connectivity index (χ1n) is 11.3. The van der Waals surface area contributed by atoms with E-state index in [1.165, 1.54) is 6.07 Å². The molecule has 0 spiro atoms. The van der Waals surface area contributed by atoms with Crippen molar-refractivity contribution in [2.75, 3.05) is 20.1 Å². The lowest BCUT2D eigenvalue weighted by Gasteiger charge is -2.34. The van der Waals surface area contributed by atoms with Gasteiger partial charge < -0.3 is 20.9 Å². The number of aryl methyl sites for hydroxylation is 1. The molecule has 1 fully saturated rings. The van der Waals surface area contributed by atoms with Crippen LogP contribution in [0.15, 0.2) is 30.3 Å². The number of benzene rings is 2. The van der Waals surface area contributed by atoms with Crippen molar-refractivity contribution < 1.29 is 13.6 Å². The van der Waals surface area contributed by atoms with Crippen LogP contribution < -0.4 is 11.1 Å². The first-order chi connectivity index (χ1) is 15.4. The number of halogens is 2. The van der Waals surface area contributed by atoms with Crippen LogP contribution in [0, 0.1) is 11.6 Å². The maximum atomic E-state index is 14.7. The summed E-state index contributed by atoms with van der Waals surface area (Å²) < 4.78 is 28.8. The van der Waals surface area contributed by atoms with Crippen molar-refractivity contribution in [2.45, 2.75) is 44.2 Å². The summed E-state index contributed by atoms with van der Waals surface area (Å²) >= 11 is 0. The third-order valence-electron chi connectivity index (χ3n) is 7.04. The normalized spacial score (nSPS) is 19.9. The number of nitrogens with one attached hydrogen (secondary N) is 2. The Bertz CT molecular complexity index is 1180. The minimum absolute atomic E-state index is 0.193. The second-order valence-corrected chi connectivity index (χ2v) is 9.14. The number of carbonyl (C=O) groups excluding carboxylic acids is 1. The lowest BCUT2D eigenvalue weighted by molar-refractivity contribution is 0.100. The van der Waals surface area contributed by atoms with Gasteiger partial charge in [0, 0.05) is 28.7 Å². The van der Waals surface area contributed by atoms with Gasteiger partial charge in [-0.2, -0.15) is 0 Å². The molecule has 5 rings (SSSR count). The standard InChI is InChI=1S/C25H28F2N4O/c1-31-11-9-14(10-12-31)29-15-5-8-21-19(13-15)22-16(17-3-2-4-20(26)23(17)27)6-7-18(25(28)32)24(22)30-21/h2-4,6-7,14-15,29-30H,5,8-13H2,1H3,(H2,28,32). The van der Waals surface area contributed by atoms with Crippen molar-refractivity contribution in [2.24, 2.45) is 5.73 Å². The number of nitrogens with two attached hydrogens (primary N) is 1. The first-order valence-corrected chi connectivity index (χ1v) is 11.3. The van der Waals surface area contributed by atoms with Gasteiger partial charge in [0.25, 0.3) is 5.91 Å². The van der Waals surface area contributed by atoms with E-state index in [2.05, 4.69) is 22.2 Å². The van der Waals surface area contributed by atoms with Crippen LogP contribution in [0.4, 0.5) is 8.78 Å². The van der Waals surface area contributed by atoms with E-state index in [4.69, 9.17) is 5.73 Å². The Morgan fingerprint density at radius 3 is 2.62 bits per heavy atom. The smallest absolute Gasteiger partial charge is 0.250 e.